The number of carbonyl (C=O) groups is 3. The van der Waals surface area contributed by atoms with Crippen LogP contribution in [0.4, 0.5) is 10.5 Å². The van der Waals surface area contributed by atoms with Crippen LogP contribution in [0.1, 0.15) is 32.3 Å². The third-order valence-electron chi connectivity index (χ3n) is 5.79. The number of hydrogen-bond donors (Lipinski definition) is 2. The molecular formula is C23H26N4O5. The lowest BCUT2D eigenvalue weighted by Gasteiger charge is -2.35. The molecule has 0 bridgehead atoms. The Morgan fingerprint density at radius 2 is 1.75 bits per heavy atom. The Labute approximate surface area is 186 Å². The van der Waals surface area contributed by atoms with Gasteiger partial charge in [-0.3, -0.25) is 19.4 Å². The highest BCUT2D eigenvalue weighted by Gasteiger charge is 2.32. The molecule has 2 aromatic carbocycles. The minimum absolute atomic E-state index is 0.0246. The molecule has 2 heterocycles. The van der Waals surface area contributed by atoms with Gasteiger partial charge in [0.15, 0.2) is 0 Å². The summed E-state index contributed by atoms with van der Waals surface area (Å²) in [6.07, 6.45) is 0. The van der Waals surface area contributed by atoms with Crippen LogP contribution >= 0.6 is 0 Å². The molecular weight excluding hydrogens is 412 g/mol. The summed E-state index contributed by atoms with van der Waals surface area (Å²) < 4.78 is 10.7. The van der Waals surface area contributed by atoms with Gasteiger partial charge >= 0.3 is 6.03 Å². The van der Waals surface area contributed by atoms with Crippen molar-refractivity contribution in [3.05, 3.63) is 59.2 Å². The van der Waals surface area contributed by atoms with Crippen LogP contribution in [0.3, 0.4) is 0 Å². The molecule has 2 aliphatic heterocycles. The average molecular weight is 438 g/mol. The Hall–Kier alpha value is -3.43. The Bertz CT molecular complexity index is 1020. The number of anilines is 1. The Balaban J connectivity index is 1.43. The Morgan fingerprint density at radius 3 is 2.44 bits per heavy atom. The summed E-state index contributed by atoms with van der Waals surface area (Å²) in [6, 6.07) is 12.1. The number of fused-ring (bicyclic) bond motifs is 1. The summed E-state index contributed by atoms with van der Waals surface area (Å²) >= 11 is 0. The summed E-state index contributed by atoms with van der Waals surface area (Å²) in [7, 11) is 3.07. The van der Waals surface area contributed by atoms with Gasteiger partial charge in [-0.1, -0.05) is 12.1 Å². The topological polar surface area (TPSA) is 100 Å². The van der Waals surface area contributed by atoms with Gasteiger partial charge in [-0.2, -0.15) is 0 Å². The molecule has 1 unspecified atom stereocenters. The van der Waals surface area contributed by atoms with Crippen molar-refractivity contribution < 1.29 is 23.9 Å². The zero-order valence-corrected chi connectivity index (χ0v) is 18.1. The number of urea groups is 1. The lowest BCUT2D eigenvalue weighted by Crippen LogP contribution is -2.44. The number of nitrogens with one attached hydrogen (secondary N) is 2. The van der Waals surface area contributed by atoms with E-state index in [2.05, 4.69) is 15.5 Å². The fourth-order valence-electron chi connectivity index (χ4n) is 3.98. The maximum Gasteiger partial charge on any atom is 0.319 e. The van der Waals surface area contributed by atoms with Crippen molar-refractivity contribution in [3.63, 3.8) is 0 Å². The highest BCUT2D eigenvalue weighted by Crippen LogP contribution is 2.26. The predicted octanol–water partition coefficient (Wildman–Crippen LogP) is 2.12. The largest absolute Gasteiger partial charge is 0.497 e. The van der Waals surface area contributed by atoms with Gasteiger partial charge in [0.2, 0.25) is 0 Å². The third kappa shape index (κ3) is 4.44. The maximum atomic E-state index is 12.6. The molecule has 4 rings (SSSR count). The monoisotopic (exact) mass is 438 g/mol. The van der Waals surface area contributed by atoms with Crippen LogP contribution in [-0.2, 0) is 4.74 Å². The number of carbonyl (C=O) groups excluding carboxylic acids is 3. The van der Waals surface area contributed by atoms with Gasteiger partial charge in [-0.05, 0) is 35.9 Å². The molecule has 2 aromatic rings. The third-order valence-corrected chi connectivity index (χ3v) is 5.79. The summed E-state index contributed by atoms with van der Waals surface area (Å²) in [5.41, 5.74) is 2.15. The summed E-state index contributed by atoms with van der Waals surface area (Å²) in [5.74, 6) is 0.0604. The second-order valence-corrected chi connectivity index (χ2v) is 7.70. The molecule has 0 spiro atoms. The van der Waals surface area contributed by atoms with Gasteiger partial charge in [-0.25, -0.2) is 4.79 Å². The van der Waals surface area contributed by atoms with Crippen LogP contribution in [0.25, 0.3) is 0 Å². The first-order valence-electron chi connectivity index (χ1n) is 10.4. The fourth-order valence-corrected chi connectivity index (χ4v) is 3.98. The van der Waals surface area contributed by atoms with Crippen molar-refractivity contribution in [2.24, 2.45) is 0 Å². The lowest BCUT2D eigenvalue weighted by atomic mass is 10.0. The molecule has 1 saturated heterocycles. The van der Waals surface area contributed by atoms with Crippen molar-refractivity contribution in [1.29, 1.82) is 0 Å². The summed E-state index contributed by atoms with van der Waals surface area (Å²) in [4.78, 5) is 40.2. The van der Waals surface area contributed by atoms with Crippen molar-refractivity contribution in [2.75, 3.05) is 52.3 Å². The molecule has 9 heteroatoms. The van der Waals surface area contributed by atoms with Crippen LogP contribution in [0.15, 0.2) is 42.5 Å². The Morgan fingerprint density at radius 1 is 1.06 bits per heavy atom. The highest BCUT2D eigenvalue weighted by molar-refractivity contribution is 6.21. The predicted molar refractivity (Wildman–Crippen MR) is 118 cm³/mol. The number of nitrogens with zero attached hydrogens (tertiary/aromatic N) is 2. The van der Waals surface area contributed by atoms with E-state index >= 15 is 0 Å². The first kappa shape index (κ1) is 21.8. The maximum absolute atomic E-state index is 12.6. The minimum Gasteiger partial charge on any atom is -0.497 e. The van der Waals surface area contributed by atoms with Gasteiger partial charge in [-0.15, -0.1) is 0 Å². The lowest BCUT2D eigenvalue weighted by molar-refractivity contribution is 0.0167. The molecule has 4 amide bonds. The fraction of sp³-hybridized carbons (Fsp3) is 0.348. The van der Waals surface area contributed by atoms with Crippen molar-refractivity contribution in [3.8, 4) is 5.75 Å². The van der Waals surface area contributed by atoms with E-state index in [1.54, 1.807) is 19.2 Å². The molecule has 0 radical (unpaired) electrons. The van der Waals surface area contributed by atoms with Gasteiger partial charge in [0, 0.05) is 32.4 Å². The SMILES string of the molecule is COc1ccc(C(CNC(=O)Nc2ccc3c(c2)C(=O)N(C)C3=O)N2CCOCC2)cc1. The molecule has 1 atom stereocenters. The molecule has 1 fully saturated rings. The molecule has 2 aliphatic rings. The van der Waals surface area contributed by atoms with E-state index in [4.69, 9.17) is 9.47 Å². The van der Waals surface area contributed by atoms with E-state index < -0.39 is 0 Å². The van der Waals surface area contributed by atoms with E-state index in [0.29, 0.717) is 36.6 Å². The van der Waals surface area contributed by atoms with Crippen LogP contribution in [0.5, 0.6) is 5.75 Å². The van der Waals surface area contributed by atoms with E-state index in [1.807, 2.05) is 24.3 Å². The van der Waals surface area contributed by atoms with E-state index in [1.165, 1.54) is 13.1 Å². The molecule has 0 saturated carbocycles. The van der Waals surface area contributed by atoms with E-state index in [9.17, 15) is 14.4 Å². The summed E-state index contributed by atoms with van der Waals surface area (Å²) in [6.45, 7) is 3.23. The minimum atomic E-state index is -0.387. The van der Waals surface area contributed by atoms with Gasteiger partial charge in [0.05, 0.1) is 37.5 Å². The van der Waals surface area contributed by atoms with Crippen LogP contribution in [-0.4, -0.2) is 74.7 Å². The van der Waals surface area contributed by atoms with Crippen LogP contribution < -0.4 is 15.4 Å². The number of methoxy groups -OCH3 is 1. The molecule has 2 N–H and O–H groups in total. The number of rotatable bonds is 6. The van der Waals surface area contributed by atoms with Gasteiger partial charge in [0.1, 0.15) is 5.75 Å². The number of amides is 4. The molecule has 32 heavy (non-hydrogen) atoms. The molecule has 168 valence electrons. The number of benzene rings is 2. The van der Waals surface area contributed by atoms with Crippen LogP contribution in [0.2, 0.25) is 0 Å². The zero-order chi connectivity index (χ0) is 22.7. The van der Waals surface area contributed by atoms with Gasteiger partial charge in [0.25, 0.3) is 11.8 Å². The smallest absolute Gasteiger partial charge is 0.319 e. The second-order valence-electron chi connectivity index (χ2n) is 7.70. The van der Waals surface area contributed by atoms with E-state index in [-0.39, 0.29) is 23.9 Å². The quantitative estimate of drug-likeness (QED) is 0.670. The zero-order valence-electron chi connectivity index (χ0n) is 18.1. The van der Waals surface area contributed by atoms with Crippen molar-refractivity contribution in [1.82, 2.24) is 15.1 Å². The number of hydrogen-bond acceptors (Lipinski definition) is 6. The summed E-state index contributed by atoms with van der Waals surface area (Å²) in [5, 5.41) is 5.68. The number of morpholine rings is 1. The molecule has 0 aromatic heterocycles. The van der Waals surface area contributed by atoms with Crippen LogP contribution in [0, 0.1) is 0 Å². The number of ether oxygens (including phenoxy) is 2. The van der Waals surface area contributed by atoms with Crippen molar-refractivity contribution in [2.45, 2.75) is 6.04 Å². The first-order chi connectivity index (χ1) is 15.5. The standard InChI is InChI=1S/C23H26N4O5/c1-26-21(28)18-8-5-16(13-19(18)22(26)29)25-23(30)24-14-20(27-9-11-32-12-10-27)15-3-6-17(31-2)7-4-15/h3-8,13,20H,9-12,14H2,1-2H3,(H2,24,25,30). The number of imide groups is 1. The second kappa shape index (κ2) is 9.37. The normalized spacial score (nSPS) is 17.1. The Kier molecular flexibility index (Phi) is 6.38. The van der Waals surface area contributed by atoms with Crippen molar-refractivity contribution >= 4 is 23.5 Å². The van der Waals surface area contributed by atoms with Gasteiger partial charge < -0.3 is 20.1 Å². The molecule has 0 aliphatic carbocycles. The highest BCUT2D eigenvalue weighted by atomic mass is 16.5. The molecule has 9 nitrogen and oxygen atoms in total. The first-order valence-corrected chi connectivity index (χ1v) is 10.4. The van der Waals surface area contributed by atoms with E-state index in [0.717, 1.165) is 29.3 Å². The average Bonchev–Trinajstić information content (AvgIpc) is 3.04.